The predicted octanol–water partition coefficient (Wildman–Crippen LogP) is 3.95. The molecule has 2 aliphatic carbocycles. The number of aliphatic hydroxyl groups is 1. The summed E-state index contributed by atoms with van der Waals surface area (Å²) in [5, 5.41) is 11.1. The molecule has 2 fully saturated rings. The fourth-order valence-corrected chi connectivity index (χ4v) is 4.29. The Bertz CT molecular complexity index is 384. The third-order valence-corrected chi connectivity index (χ3v) is 5.14. The highest BCUT2D eigenvalue weighted by Gasteiger charge is 2.44. The molecular weight excluding hydrogens is 220 g/mol. The summed E-state index contributed by atoms with van der Waals surface area (Å²) in [6, 6.07) is 10.5. The van der Waals surface area contributed by atoms with Crippen LogP contribution in [0.5, 0.6) is 0 Å². The summed E-state index contributed by atoms with van der Waals surface area (Å²) in [5.74, 6) is 1.35. The van der Waals surface area contributed by atoms with E-state index in [1.165, 1.54) is 44.1 Å². The van der Waals surface area contributed by atoms with Crippen molar-refractivity contribution in [1.82, 2.24) is 0 Å². The highest BCUT2D eigenvalue weighted by atomic mass is 16.3. The van der Waals surface area contributed by atoms with Gasteiger partial charge in [-0.15, -0.1) is 0 Å². The Labute approximate surface area is 110 Å². The van der Waals surface area contributed by atoms with Gasteiger partial charge in [-0.2, -0.15) is 0 Å². The van der Waals surface area contributed by atoms with Crippen LogP contribution in [0.1, 0.15) is 50.5 Å². The number of hydrogen-bond donors (Lipinski definition) is 1. The van der Waals surface area contributed by atoms with Gasteiger partial charge in [0.25, 0.3) is 0 Å². The third-order valence-electron chi connectivity index (χ3n) is 5.14. The highest BCUT2D eigenvalue weighted by Crippen LogP contribution is 2.47. The fraction of sp³-hybridized carbons (Fsp3) is 0.647. The molecule has 0 heterocycles. The Balaban J connectivity index is 1.79. The predicted molar refractivity (Wildman–Crippen MR) is 74.4 cm³/mol. The minimum Gasteiger partial charge on any atom is -0.389 e. The zero-order valence-corrected chi connectivity index (χ0v) is 11.1. The second-order valence-electron chi connectivity index (χ2n) is 6.31. The quantitative estimate of drug-likeness (QED) is 0.835. The molecule has 0 aromatic heterocycles. The van der Waals surface area contributed by atoms with Gasteiger partial charge in [0.05, 0.1) is 5.60 Å². The number of fused-ring (bicyclic) bond motifs is 1. The molecule has 0 bridgehead atoms. The van der Waals surface area contributed by atoms with E-state index in [0.29, 0.717) is 5.92 Å². The van der Waals surface area contributed by atoms with Crippen molar-refractivity contribution in [3.63, 3.8) is 0 Å². The molecule has 1 aromatic rings. The number of hydrogen-bond acceptors (Lipinski definition) is 1. The van der Waals surface area contributed by atoms with E-state index in [1.54, 1.807) is 0 Å². The van der Waals surface area contributed by atoms with Gasteiger partial charge in [-0.3, -0.25) is 0 Å². The second-order valence-corrected chi connectivity index (χ2v) is 6.31. The van der Waals surface area contributed by atoms with Gasteiger partial charge in [0.15, 0.2) is 0 Å². The third kappa shape index (κ3) is 2.33. The summed E-state index contributed by atoms with van der Waals surface area (Å²) in [6.07, 6.45) is 9.71. The average Bonchev–Trinajstić information content (AvgIpc) is 2.40. The van der Waals surface area contributed by atoms with E-state index >= 15 is 0 Å². The Hall–Kier alpha value is -0.820. The Morgan fingerprint density at radius 2 is 1.72 bits per heavy atom. The second kappa shape index (κ2) is 5.05. The molecule has 18 heavy (non-hydrogen) atoms. The highest BCUT2D eigenvalue weighted by molar-refractivity contribution is 5.18. The lowest BCUT2D eigenvalue weighted by molar-refractivity contribution is -0.0874. The molecule has 1 N–H and O–H groups in total. The van der Waals surface area contributed by atoms with Crippen molar-refractivity contribution in [2.45, 2.75) is 57.0 Å². The normalized spacial score (nSPS) is 36.1. The van der Waals surface area contributed by atoms with Crippen molar-refractivity contribution in [3.05, 3.63) is 35.9 Å². The van der Waals surface area contributed by atoms with Crippen LogP contribution in [0.4, 0.5) is 0 Å². The van der Waals surface area contributed by atoms with Gasteiger partial charge in [0.2, 0.25) is 0 Å². The lowest BCUT2D eigenvalue weighted by atomic mass is 9.61. The monoisotopic (exact) mass is 244 g/mol. The average molecular weight is 244 g/mol. The van der Waals surface area contributed by atoms with Crippen molar-refractivity contribution in [2.24, 2.45) is 11.8 Å². The molecule has 98 valence electrons. The van der Waals surface area contributed by atoms with Gasteiger partial charge in [0.1, 0.15) is 0 Å². The zero-order valence-electron chi connectivity index (χ0n) is 11.1. The van der Waals surface area contributed by atoms with E-state index in [0.717, 1.165) is 18.8 Å². The van der Waals surface area contributed by atoms with Crippen LogP contribution in [0.2, 0.25) is 0 Å². The van der Waals surface area contributed by atoms with Crippen molar-refractivity contribution < 1.29 is 5.11 Å². The Kier molecular flexibility index (Phi) is 3.43. The molecule has 3 rings (SSSR count). The smallest absolute Gasteiger partial charge is 0.0718 e. The molecule has 1 heteroatoms. The molecule has 1 nitrogen and oxygen atoms in total. The van der Waals surface area contributed by atoms with Gasteiger partial charge in [-0.05, 0) is 36.7 Å². The van der Waals surface area contributed by atoms with Crippen LogP contribution in [0.3, 0.4) is 0 Å². The zero-order chi connectivity index (χ0) is 12.4. The maximum absolute atomic E-state index is 11.1. The van der Waals surface area contributed by atoms with Gasteiger partial charge in [-0.1, -0.05) is 56.0 Å². The largest absolute Gasteiger partial charge is 0.389 e. The molecule has 1 aromatic carbocycles. The van der Waals surface area contributed by atoms with Gasteiger partial charge < -0.3 is 5.11 Å². The van der Waals surface area contributed by atoms with Gasteiger partial charge >= 0.3 is 0 Å². The molecule has 3 atom stereocenters. The van der Waals surface area contributed by atoms with Crippen LogP contribution in [0, 0.1) is 11.8 Å². The molecule has 0 radical (unpaired) electrons. The summed E-state index contributed by atoms with van der Waals surface area (Å²) in [6.45, 7) is 0. The van der Waals surface area contributed by atoms with Crippen LogP contribution in [-0.4, -0.2) is 10.7 Å². The maximum Gasteiger partial charge on any atom is 0.0718 e. The lowest BCUT2D eigenvalue weighted by Gasteiger charge is -2.47. The summed E-state index contributed by atoms with van der Waals surface area (Å²) in [4.78, 5) is 0. The molecule has 3 unspecified atom stereocenters. The minimum absolute atomic E-state index is 0.426. The first kappa shape index (κ1) is 12.2. The van der Waals surface area contributed by atoms with E-state index in [2.05, 4.69) is 30.3 Å². The molecule has 0 aliphatic heterocycles. The lowest BCUT2D eigenvalue weighted by Crippen LogP contribution is -2.48. The first-order valence-corrected chi connectivity index (χ1v) is 7.54. The van der Waals surface area contributed by atoms with Crippen molar-refractivity contribution in [2.75, 3.05) is 0 Å². The van der Waals surface area contributed by atoms with Gasteiger partial charge in [0, 0.05) is 6.42 Å². The molecule has 2 saturated carbocycles. The summed E-state index contributed by atoms with van der Waals surface area (Å²) < 4.78 is 0. The molecular formula is C17H24O. The molecule has 0 saturated heterocycles. The van der Waals surface area contributed by atoms with E-state index in [-0.39, 0.29) is 0 Å². The Morgan fingerprint density at radius 3 is 2.56 bits per heavy atom. The standard InChI is InChI=1S/C17H24O/c18-17(13-14-7-2-1-3-8-14)12-6-10-15-9-4-5-11-16(15)17/h1-3,7-8,15-16,18H,4-6,9-13H2. The summed E-state index contributed by atoms with van der Waals surface area (Å²) in [7, 11) is 0. The van der Waals surface area contributed by atoms with E-state index < -0.39 is 5.60 Å². The first-order chi connectivity index (χ1) is 8.78. The van der Waals surface area contributed by atoms with Crippen molar-refractivity contribution in [1.29, 1.82) is 0 Å². The maximum atomic E-state index is 11.1. The van der Waals surface area contributed by atoms with Crippen LogP contribution in [0.15, 0.2) is 30.3 Å². The fourth-order valence-electron chi connectivity index (χ4n) is 4.29. The van der Waals surface area contributed by atoms with E-state index in [1.807, 2.05) is 0 Å². The van der Waals surface area contributed by atoms with E-state index in [9.17, 15) is 5.11 Å². The van der Waals surface area contributed by atoms with E-state index in [4.69, 9.17) is 0 Å². The minimum atomic E-state index is -0.426. The molecule has 0 spiro atoms. The van der Waals surface area contributed by atoms with Gasteiger partial charge in [-0.25, -0.2) is 0 Å². The number of benzene rings is 1. The summed E-state index contributed by atoms with van der Waals surface area (Å²) in [5.41, 5.74) is 0.872. The van der Waals surface area contributed by atoms with Crippen LogP contribution < -0.4 is 0 Å². The summed E-state index contributed by atoms with van der Waals surface area (Å²) >= 11 is 0. The number of rotatable bonds is 2. The SMILES string of the molecule is OC1(Cc2ccccc2)CCCC2CCCCC21. The van der Waals surface area contributed by atoms with Crippen molar-refractivity contribution in [3.8, 4) is 0 Å². The topological polar surface area (TPSA) is 20.2 Å². The first-order valence-electron chi connectivity index (χ1n) is 7.54. The van der Waals surface area contributed by atoms with Crippen molar-refractivity contribution >= 4 is 0 Å². The van der Waals surface area contributed by atoms with Crippen LogP contribution in [-0.2, 0) is 6.42 Å². The van der Waals surface area contributed by atoms with Crippen LogP contribution >= 0.6 is 0 Å². The molecule has 0 amide bonds. The Morgan fingerprint density at radius 1 is 1.00 bits per heavy atom. The van der Waals surface area contributed by atoms with Crippen LogP contribution in [0.25, 0.3) is 0 Å². The molecule has 2 aliphatic rings.